The van der Waals surface area contributed by atoms with Crippen molar-refractivity contribution in [3.63, 3.8) is 0 Å². The second-order valence-corrected chi connectivity index (χ2v) is 8.95. The van der Waals surface area contributed by atoms with E-state index in [1.807, 2.05) is 26.8 Å². The predicted octanol–water partition coefficient (Wildman–Crippen LogP) is 1.42. The summed E-state index contributed by atoms with van der Waals surface area (Å²) in [6.07, 6.45) is 1.10. The molecule has 1 fully saturated rings. The maximum atomic E-state index is 12.8. The maximum absolute atomic E-state index is 12.8. The van der Waals surface area contributed by atoms with Crippen LogP contribution in [0.5, 0.6) is 0 Å². The largest absolute Gasteiger partial charge is 0.356 e. The van der Waals surface area contributed by atoms with Gasteiger partial charge in [0.1, 0.15) is 0 Å². The van der Waals surface area contributed by atoms with E-state index in [4.69, 9.17) is 5.73 Å². The Morgan fingerprint density at radius 3 is 2.48 bits per heavy atom. The Morgan fingerprint density at radius 2 is 1.92 bits per heavy atom. The molecule has 1 aliphatic heterocycles. The van der Waals surface area contributed by atoms with Crippen molar-refractivity contribution in [3.8, 4) is 0 Å². The minimum absolute atomic E-state index is 0.00327. The number of nitrogens with two attached hydrogens (primary N) is 1. The average Bonchev–Trinajstić information content (AvgIpc) is 2.61. The Bertz CT molecular complexity index is 710. The summed E-state index contributed by atoms with van der Waals surface area (Å²) in [5.41, 5.74) is 7.59. The highest BCUT2D eigenvalue weighted by atomic mass is 32.2. The molecular weight excluding hydrogens is 338 g/mol. The molecule has 1 amide bonds. The van der Waals surface area contributed by atoms with E-state index in [0.29, 0.717) is 43.9 Å². The number of piperidine rings is 1. The number of carbonyl (C=O) groups excluding carboxylic acids is 1. The van der Waals surface area contributed by atoms with E-state index in [9.17, 15) is 13.2 Å². The van der Waals surface area contributed by atoms with Crippen LogP contribution in [-0.4, -0.2) is 44.8 Å². The highest BCUT2D eigenvalue weighted by Crippen LogP contribution is 2.25. The maximum Gasteiger partial charge on any atom is 0.243 e. The fraction of sp³-hybridized carbons (Fsp3) is 0.611. The number of hydrogen-bond donors (Lipinski definition) is 2. The molecule has 1 heterocycles. The van der Waals surface area contributed by atoms with Gasteiger partial charge >= 0.3 is 0 Å². The van der Waals surface area contributed by atoms with Crippen molar-refractivity contribution >= 4 is 15.9 Å². The van der Waals surface area contributed by atoms with Crippen LogP contribution in [0.4, 0.5) is 0 Å². The Labute approximate surface area is 150 Å². The summed E-state index contributed by atoms with van der Waals surface area (Å²) >= 11 is 0. The van der Waals surface area contributed by atoms with Crippen LogP contribution in [0.3, 0.4) is 0 Å². The second kappa shape index (κ2) is 8.29. The van der Waals surface area contributed by atoms with E-state index >= 15 is 0 Å². The Morgan fingerprint density at radius 1 is 1.28 bits per heavy atom. The van der Waals surface area contributed by atoms with Gasteiger partial charge < -0.3 is 11.1 Å². The number of aryl methyl sites for hydroxylation is 2. The van der Waals surface area contributed by atoms with Crippen LogP contribution >= 0.6 is 0 Å². The molecule has 1 unspecified atom stereocenters. The normalized spacial score (nSPS) is 18.1. The Hall–Kier alpha value is -1.44. The van der Waals surface area contributed by atoms with Crippen molar-refractivity contribution in [3.05, 3.63) is 29.3 Å². The van der Waals surface area contributed by atoms with E-state index in [1.54, 1.807) is 12.1 Å². The van der Waals surface area contributed by atoms with Gasteiger partial charge in [0, 0.05) is 25.6 Å². The van der Waals surface area contributed by atoms with Gasteiger partial charge in [-0.15, -0.1) is 0 Å². The summed E-state index contributed by atoms with van der Waals surface area (Å²) < 4.78 is 27.1. The van der Waals surface area contributed by atoms with Crippen molar-refractivity contribution in [2.75, 3.05) is 26.2 Å². The second-order valence-electron chi connectivity index (χ2n) is 7.01. The number of benzene rings is 1. The highest BCUT2D eigenvalue weighted by molar-refractivity contribution is 7.89. The number of nitrogens with one attached hydrogen (secondary N) is 1. The molecule has 0 aliphatic carbocycles. The number of hydrogen-bond acceptors (Lipinski definition) is 4. The molecule has 1 aliphatic rings. The van der Waals surface area contributed by atoms with Crippen LogP contribution in [0.1, 0.15) is 30.9 Å². The summed E-state index contributed by atoms with van der Waals surface area (Å²) in [5.74, 6) is 0.119. The monoisotopic (exact) mass is 367 g/mol. The molecule has 6 nitrogen and oxygen atoms in total. The molecule has 25 heavy (non-hydrogen) atoms. The number of amides is 1. The molecule has 0 bridgehead atoms. The van der Waals surface area contributed by atoms with Crippen LogP contribution in [0.15, 0.2) is 23.1 Å². The van der Waals surface area contributed by atoms with Crippen LogP contribution in [0.2, 0.25) is 0 Å². The Kier molecular flexibility index (Phi) is 6.59. The van der Waals surface area contributed by atoms with Crippen molar-refractivity contribution < 1.29 is 13.2 Å². The molecule has 0 radical (unpaired) electrons. The zero-order valence-corrected chi connectivity index (χ0v) is 16.1. The summed E-state index contributed by atoms with van der Waals surface area (Å²) in [5, 5.41) is 2.92. The highest BCUT2D eigenvalue weighted by Gasteiger charge is 2.32. The molecule has 3 N–H and O–H groups in total. The third-order valence-corrected chi connectivity index (χ3v) is 6.86. The van der Waals surface area contributed by atoms with E-state index in [2.05, 4.69) is 5.32 Å². The zero-order chi connectivity index (χ0) is 18.6. The first-order valence-corrected chi connectivity index (χ1v) is 10.2. The van der Waals surface area contributed by atoms with Crippen LogP contribution in [0.25, 0.3) is 0 Å². The summed E-state index contributed by atoms with van der Waals surface area (Å²) in [4.78, 5) is 12.5. The standard InChI is InChI=1S/C18H29N3O3S/c1-13(11-19)12-20-18(22)16-6-8-21(9-7-16)25(23,24)17-5-4-14(2)15(3)10-17/h4-5,10,13,16H,6-9,11-12,19H2,1-3H3,(H,20,22). The van der Waals surface area contributed by atoms with E-state index in [0.717, 1.165) is 11.1 Å². The molecule has 2 rings (SSSR count). The lowest BCUT2D eigenvalue weighted by Gasteiger charge is -2.30. The van der Waals surface area contributed by atoms with Crippen LogP contribution < -0.4 is 11.1 Å². The van der Waals surface area contributed by atoms with Crippen molar-refractivity contribution in [2.24, 2.45) is 17.6 Å². The molecule has 1 saturated heterocycles. The average molecular weight is 368 g/mol. The summed E-state index contributed by atoms with van der Waals surface area (Å²) in [6.45, 7) is 7.70. The third-order valence-electron chi connectivity index (χ3n) is 4.97. The van der Waals surface area contributed by atoms with Crippen molar-refractivity contribution in [2.45, 2.75) is 38.5 Å². The smallest absolute Gasteiger partial charge is 0.243 e. The fourth-order valence-electron chi connectivity index (χ4n) is 2.88. The van der Waals surface area contributed by atoms with Gasteiger partial charge in [-0.3, -0.25) is 4.79 Å². The van der Waals surface area contributed by atoms with Crippen molar-refractivity contribution in [1.82, 2.24) is 9.62 Å². The number of nitrogens with zero attached hydrogens (tertiary/aromatic N) is 1. The predicted molar refractivity (Wildman–Crippen MR) is 98.6 cm³/mol. The minimum atomic E-state index is -3.49. The SMILES string of the molecule is Cc1ccc(S(=O)(=O)N2CCC(C(=O)NCC(C)CN)CC2)cc1C. The number of sulfonamides is 1. The Balaban J connectivity index is 1.96. The minimum Gasteiger partial charge on any atom is -0.356 e. The van der Waals surface area contributed by atoms with Gasteiger partial charge in [-0.1, -0.05) is 13.0 Å². The van der Waals surface area contributed by atoms with Gasteiger partial charge in [0.25, 0.3) is 0 Å². The van der Waals surface area contributed by atoms with E-state index in [-0.39, 0.29) is 17.7 Å². The van der Waals surface area contributed by atoms with Crippen LogP contribution in [-0.2, 0) is 14.8 Å². The van der Waals surface area contributed by atoms with Gasteiger partial charge in [0.15, 0.2) is 0 Å². The van der Waals surface area contributed by atoms with E-state index in [1.165, 1.54) is 4.31 Å². The lowest BCUT2D eigenvalue weighted by atomic mass is 9.97. The molecule has 0 aromatic heterocycles. The van der Waals surface area contributed by atoms with Gasteiger partial charge in [-0.2, -0.15) is 4.31 Å². The quantitative estimate of drug-likeness (QED) is 0.795. The van der Waals surface area contributed by atoms with Crippen LogP contribution in [0, 0.1) is 25.7 Å². The number of rotatable bonds is 6. The number of carbonyl (C=O) groups is 1. The van der Waals surface area contributed by atoms with Gasteiger partial charge in [-0.25, -0.2) is 8.42 Å². The molecule has 1 atom stereocenters. The summed E-state index contributed by atoms with van der Waals surface area (Å²) in [7, 11) is -3.49. The molecular formula is C18H29N3O3S. The first kappa shape index (κ1) is 19.9. The molecule has 0 saturated carbocycles. The van der Waals surface area contributed by atoms with Gasteiger partial charge in [0.05, 0.1) is 4.90 Å². The lowest BCUT2D eigenvalue weighted by Crippen LogP contribution is -2.44. The lowest BCUT2D eigenvalue weighted by molar-refractivity contribution is -0.126. The summed E-state index contributed by atoms with van der Waals surface area (Å²) in [6, 6.07) is 5.21. The molecule has 1 aromatic rings. The third kappa shape index (κ3) is 4.80. The first-order chi connectivity index (χ1) is 11.8. The molecule has 140 valence electrons. The zero-order valence-electron chi connectivity index (χ0n) is 15.3. The fourth-order valence-corrected chi connectivity index (χ4v) is 4.44. The van der Waals surface area contributed by atoms with Gasteiger partial charge in [0.2, 0.25) is 15.9 Å². The van der Waals surface area contributed by atoms with E-state index < -0.39 is 10.0 Å². The molecule has 0 spiro atoms. The first-order valence-electron chi connectivity index (χ1n) is 8.81. The van der Waals surface area contributed by atoms with Crippen molar-refractivity contribution in [1.29, 1.82) is 0 Å². The van der Waals surface area contributed by atoms with Gasteiger partial charge in [-0.05, 0) is 62.4 Å². The molecule has 7 heteroatoms. The topological polar surface area (TPSA) is 92.5 Å². The molecule has 1 aromatic carbocycles.